The lowest BCUT2D eigenvalue weighted by atomic mass is 9.88. The smallest absolute Gasteiger partial charge is 0.216 e. The second kappa shape index (κ2) is 8.54. The summed E-state index contributed by atoms with van der Waals surface area (Å²) in [5, 5.41) is 7.32. The van der Waals surface area contributed by atoms with Crippen LogP contribution in [0.4, 0.5) is 0 Å². The zero-order chi connectivity index (χ0) is 26.9. The van der Waals surface area contributed by atoms with Gasteiger partial charge in [-0.25, -0.2) is 4.57 Å². The van der Waals surface area contributed by atoms with Crippen molar-refractivity contribution in [3.63, 3.8) is 0 Å². The van der Waals surface area contributed by atoms with Gasteiger partial charge in [0, 0.05) is 28.0 Å². The van der Waals surface area contributed by atoms with Crippen molar-refractivity contribution < 1.29 is 8.98 Å². The lowest BCUT2D eigenvalue weighted by molar-refractivity contribution is -0.661. The zero-order valence-electron chi connectivity index (χ0n) is 23.2. The van der Waals surface area contributed by atoms with Crippen molar-refractivity contribution in [3.05, 3.63) is 114 Å². The summed E-state index contributed by atoms with van der Waals surface area (Å²) in [6.07, 6.45) is 2.25. The molecule has 0 saturated carbocycles. The number of hydrogen-bond acceptors (Lipinski definition) is 1. The van der Waals surface area contributed by atoms with Crippen LogP contribution in [-0.2, 0) is 12.5 Å². The summed E-state index contributed by atoms with van der Waals surface area (Å²) in [6.45, 7) is 8.94. The molecule has 0 fully saturated rings. The number of furan rings is 1. The SMILES string of the molecule is Cc1ccc2c(oc3c(-c4cc5ccccc5c5ccccc45)cccc32)c1-c1ccc(C(C)(C)C)c[n+]1C. The van der Waals surface area contributed by atoms with Crippen molar-refractivity contribution in [1.82, 2.24) is 0 Å². The van der Waals surface area contributed by atoms with Crippen molar-refractivity contribution in [1.29, 1.82) is 0 Å². The standard InChI is InChI=1S/C37H32NO/c1-23-17-19-31-29-15-10-16-30(32-21-24-11-6-7-12-26(24)27-13-8-9-14-28(27)32)35(29)39-36(31)34(23)33-20-18-25(22-38(33)5)37(2,3)4/h6-22H,1-5H3/q+1. The fourth-order valence-corrected chi connectivity index (χ4v) is 6.08. The van der Waals surface area contributed by atoms with E-state index in [0.29, 0.717) is 0 Å². The van der Waals surface area contributed by atoms with Crippen molar-refractivity contribution in [2.45, 2.75) is 33.1 Å². The predicted molar refractivity (Wildman–Crippen MR) is 164 cm³/mol. The van der Waals surface area contributed by atoms with Crippen LogP contribution < -0.4 is 4.57 Å². The topological polar surface area (TPSA) is 17.0 Å². The number of rotatable bonds is 2. The van der Waals surface area contributed by atoms with Crippen LogP contribution in [0.5, 0.6) is 0 Å². The van der Waals surface area contributed by atoms with E-state index >= 15 is 0 Å². The van der Waals surface area contributed by atoms with Crippen LogP contribution in [0.25, 0.3) is 65.9 Å². The Morgan fingerprint density at radius 2 is 1.31 bits per heavy atom. The van der Waals surface area contributed by atoms with Crippen molar-refractivity contribution in [3.8, 4) is 22.4 Å². The minimum absolute atomic E-state index is 0.0915. The third-order valence-corrected chi connectivity index (χ3v) is 8.19. The summed E-state index contributed by atoms with van der Waals surface area (Å²) in [7, 11) is 2.14. The molecule has 0 aliphatic rings. The number of hydrogen-bond donors (Lipinski definition) is 0. The first-order chi connectivity index (χ1) is 18.8. The summed E-state index contributed by atoms with van der Waals surface area (Å²) in [5.41, 5.74) is 9.13. The van der Waals surface area contributed by atoms with Crippen molar-refractivity contribution >= 4 is 43.5 Å². The molecule has 0 saturated heterocycles. The Hall–Kier alpha value is -4.43. The van der Waals surface area contributed by atoms with E-state index in [4.69, 9.17) is 4.42 Å². The molecule has 190 valence electrons. The molecule has 0 spiro atoms. The van der Waals surface area contributed by atoms with E-state index in [1.807, 2.05) is 0 Å². The maximum Gasteiger partial charge on any atom is 0.216 e. The van der Waals surface area contributed by atoms with Crippen molar-refractivity contribution in [2.75, 3.05) is 0 Å². The molecule has 2 heterocycles. The Balaban J connectivity index is 1.53. The second-order valence-electron chi connectivity index (χ2n) is 11.8. The maximum absolute atomic E-state index is 6.90. The zero-order valence-corrected chi connectivity index (χ0v) is 23.2. The van der Waals surface area contributed by atoms with Crippen LogP contribution >= 0.6 is 0 Å². The summed E-state index contributed by atoms with van der Waals surface area (Å²) in [5.74, 6) is 0. The Morgan fingerprint density at radius 1 is 0.615 bits per heavy atom. The second-order valence-corrected chi connectivity index (χ2v) is 11.8. The Morgan fingerprint density at radius 3 is 2.08 bits per heavy atom. The molecule has 0 unspecified atom stereocenters. The Labute approximate surface area is 229 Å². The van der Waals surface area contributed by atoms with Gasteiger partial charge in [-0.2, -0.15) is 0 Å². The minimum Gasteiger partial charge on any atom is -0.454 e. The van der Waals surface area contributed by atoms with Crippen LogP contribution in [0.1, 0.15) is 31.9 Å². The van der Waals surface area contributed by atoms with Gasteiger partial charge in [0.1, 0.15) is 18.2 Å². The molecule has 0 N–H and O–H groups in total. The fourth-order valence-electron chi connectivity index (χ4n) is 6.08. The average molecular weight is 507 g/mol. The maximum atomic E-state index is 6.90. The van der Waals surface area contributed by atoms with E-state index in [1.54, 1.807) is 0 Å². The number of pyridine rings is 1. The van der Waals surface area contributed by atoms with E-state index in [9.17, 15) is 0 Å². The van der Waals surface area contributed by atoms with Gasteiger partial charge in [0.05, 0.1) is 5.56 Å². The van der Waals surface area contributed by atoms with Gasteiger partial charge in [-0.3, -0.25) is 0 Å². The third kappa shape index (κ3) is 3.66. The first kappa shape index (κ1) is 23.7. The average Bonchev–Trinajstić information content (AvgIpc) is 3.31. The highest BCUT2D eigenvalue weighted by atomic mass is 16.3. The molecule has 0 amide bonds. The molecule has 7 aromatic rings. The lowest BCUT2D eigenvalue weighted by Gasteiger charge is -2.17. The van der Waals surface area contributed by atoms with Gasteiger partial charge in [0.2, 0.25) is 5.69 Å². The van der Waals surface area contributed by atoms with E-state index in [-0.39, 0.29) is 5.41 Å². The van der Waals surface area contributed by atoms with Crippen LogP contribution in [0, 0.1) is 6.92 Å². The Kier molecular flexibility index (Phi) is 5.18. The Bertz CT molecular complexity index is 2070. The first-order valence-electron chi connectivity index (χ1n) is 13.7. The number of para-hydroxylation sites is 1. The number of benzene rings is 5. The summed E-state index contributed by atoms with van der Waals surface area (Å²) >= 11 is 0. The molecular formula is C37H32NO+. The molecule has 7 rings (SSSR count). The molecule has 0 aliphatic heterocycles. The van der Waals surface area contributed by atoms with Gasteiger partial charge in [-0.15, -0.1) is 0 Å². The molecule has 2 nitrogen and oxygen atoms in total. The van der Waals surface area contributed by atoms with E-state index in [0.717, 1.165) is 38.8 Å². The number of nitrogens with zero attached hydrogens (tertiary/aromatic N) is 1. The van der Waals surface area contributed by atoms with Crippen molar-refractivity contribution in [2.24, 2.45) is 7.05 Å². The molecule has 2 aromatic heterocycles. The number of fused-ring (bicyclic) bond motifs is 6. The normalized spacial score (nSPS) is 12.2. The highest BCUT2D eigenvalue weighted by Crippen LogP contribution is 2.43. The van der Waals surface area contributed by atoms with Gasteiger partial charge in [-0.1, -0.05) is 99.6 Å². The minimum atomic E-state index is 0.0915. The number of aryl methyl sites for hydroxylation is 2. The molecule has 0 bridgehead atoms. The fraction of sp³-hybridized carbons (Fsp3) is 0.162. The summed E-state index contributed by atoms with van der Waals surface area (Å²) in [6, 6.07) is 35.2. The first-order valence-corrected chi connectivity index (χ1v) is 13.7. The summed E-state index contributed by atoms with van der Waals surface area (Å²) in [4.78, 5) is 0. The predicted octanol–water partition coefficient (Wildman–Crippen LogP) is 9.66. The highest BCUT2D eigenvalue weighted by Gasteiger charge is 2.24. The van der Waals surface area contributed by atoms with E-state index in [1.165, 1.54) is 38.2 Å². The monoisotopic (exact) mass is 506 g/mol. The third-order valence-electron chi connectivity index (χ3n) is 8.19. The van der Waals surface area contributed by atoms with Crippen LogP contribution in [0.3, 0.4) is 0 Å². The lowest BCUT2D eigenvalue weighted by Crippen LogP contribution is -2.33. The van der Waals surface area contributed by atoms with Gasteiger partial charge in [0.15, 0.2) is 6.20 Å². The van der Waals surface area contributed by atoms with Gasteiger partial charge in [-0.05, 0) is 57.1 Å². The molecule has 2 heteroatoms. The van der Waals surface area contributed by atoms with Crippen LogP contribution in [0.15, 0.2) is 108 Å². The quantitative estimate of drug-likeness (QED) is 0.168. The molecule has 0 radical (unpaired) electrons. The largest absolute Gasteiger partial charge is 0.454 e. The molecule has 0 atom stereocenters. The molecule has 39 heavy (non-hydrogen) atoms. The van der Waals surface area contributed by atoms with E-state index in [2.05, 4.69) is 143 Å². The van der Waals surface area contributed by atoms with Crippen LogP contribution in [-0.4, -0.2) is 0 Å². The van der Waals surface area contributed by atoms with Gasteiger partial charge < -0.3 is 4.42 Å². The van der Waals surface area contributed by atoms with Gasteiger partial charge >= 0.3 is 0 Å². The van der Waals surface area contributed by atoms with Crippen LogP contribution in [0.2, 0.25) is 0 Å². The molecular weight excluding hydrogens is 474 g/mol. The number of aromatic nitrogens is 1. The van der Waals surface area contributed by atoms with E-state index < -0.39 is 0 Å². The highest BCUT2D eigenvalue weighted by molar-refractivity contribution is 6.18. The molecule has 5 aromatic carbocycles. The summed E-state index contributed by atoms with van der Waals surface area (Å²) < 4.78 is 9.15. The van der Waals surface area contributed by atoms with Gasteiger partial charge in [0.25, 0.3) is 0 Å². The molecule has 0 aliphatic carbocycles.